The molecule has 2 rings (SSSR count). The summed E-state index contributed by atoms with van der Waals surface area (Å²) in [5.74, 6) is 1.82. The number of hydrogen-bond acceptors (Lipinski definition) is 4. The summed E-state index contributed by atoms with van der Waals surface area (Å²) >= 11 is 0. The van der Waals surface area contributed by atoms with Gasteiger partial charge in [-0.2, -0.15) is 0 Å². The van der Waals surface area contributed by atoms with Gasteiger partial charge in [0.25, 0.3) is 0 Å². The van der Waals surface area contributed by atoms with Gasteiger partial charge in [-0.3, -0.25) is 4.98 Å². The van der Waals surface area contributed by atoms with E-state index < -0.39 is 0 Å². The smallest absolute Gasteiger partial charge is 0.149 e. The van der Waals surface area contributed by atoms with Crippen LogP contribution in [0.1, 0.15) is 19.8 Å². The monoisotopic (exact) mass is 192 g/mol. The van der Waals surface area contributed by atoms with Crippen molar-refractivity contribution in [2.24, 2.45) is 0 Å². The maximum absolute atomic E-state index is 4.48. The molecule has 0 radical (unpaired) electrons. The summed E-state index contributed by atoms with van der Waals surface area (Å²) in [6.07, 6.45) is 6.09. The average molecular weight is 192 g/mol. The molecule has 2 heterocycles. The molecular weight excluding hydrogens is 176 g/mol. The third-order valence-electron chi connectivity index (χ3n) is 2.73. The van der Waals surface area contributed by atoms with Crippen molar-refractivity contribution >= 4 is 11.6 Å². The zero-order valence-corrected chi connectivity index (χ0v) is 8.70. The summed E-state index contributed by atoms with van der Waals surface area (Å²) in [6, 6.07) is 0.594. The van der Waals surface area contributed by atoms with E-state index in [2.05, 4.69) is 27.1 Å². The Kier molecular flexibility index (Phi) is 2.52. The molecule has 1 aliphatic rings. The van der Waals surface area contributed by atoms with Crippen molar-refractivity contribution in [1.82, 2.24) is 9.97 Å². The van der Waals surface area contributed by atoms with Crippen LogP contribution in [0, 0.1) is 0 Å². The standard InChI is InChI=1S/C10H16N4/c1-8-4-3-5-14(8)10-7-12-6-9(11-2)13-10/h6-8H,3-5H2,1-2H3,(H,11,13). The van der Waals surface area contributed by atoms with Crippen LogP contribution in [0.5, 0.6) is 0 Å². The Hall–Kier alpha value is -1.32. The molecule has 0 aromatic carbocycles. The molecule has 0 saturated carbocycles. The number of aromatic nitrogens is 2. The zero-order chi connectivity index (χ0) is 9.97. The molecule has 0 amide bonds. The van der Waals surface area contributed by atoms with Crippen LogP contribution in [0.2, 0.25) is 0 Å². The fraction of sp³-hybridized carbons (Fsp3) is 0.600. The Morgan fingerprint density at radius 3 is 3.00 bits per heavy atom. The number of anilines is 2. The van der Waals surface area contributed by atoms with Crippen LogP contribution < -0.4 is 10.2 Å². The molecule has 4 heteroatoms. The molecule has 1 atom stereocenters. The molecule has 1 saturated heterocycles. The quantitative estimate of drug-likeness (QED) is 0.771. The Labute approximate surface area is 84.4 Å². The van der Waals surface area contributed by atoms with E-state index in [0.717, 1.165) is 18.2 Å². The number of rotatable bonds is 2. The van der Waals surface area contributed by atoms with Crippen LogP contribution in [0.25, 0.3) is 0 Å². The summed E-state index contributed by atoms with van der Waals surface area (Å²) in [5, 5.41) is 3.01. The maximum Gasteiger partial charge on any atom is 0.149 e. The van der Waals surface area contributed by atoms with E-state index in [4.69, 9.17) is 0 Å². The lowest BCUT2D eigenvalue weighted by atomic mass is 10.2. The van der Waals surface area contributed by atoms with Gasteiger partial charge in [0.1, 0.15) is 11.6 Å². The minimum atomic E-state index is 0.594. The molecule has 0 spiro atoms. The summed E-state index contributed by atoms with van der Waals surface area (Å²) in [7, 11) is 1.86. The van der Waals surface area contributed by atoms with Gasteiger partial charge in [0.05, 0.1) is 12.4 Å². The van der Waals surface area contributed by atoms with E-state index in [1.807, 2.05) is 13.2 Å². The number of nitrogens with zero attached hydrogens (tertiary/aromatic N) is 3. The van der Waals surface area contributed by atoms with Crippen LogP contribution in [0.15, 0.2) is 12.4 Å². The lowest BCUT2D eigenvalue weighted by Crippen LogP contribution is -2.27. The molecule has 1 fully saturated rings. The van der Waals surface area contributed by atoms with Gasteiger partial charge >= 0.3 is 0 Å². The van der Waals surface area contributed by atoms with Gasteiger partial charge in [-0.1, -0.05) is 0 Å². The molecule has 1 aromatic heterocycles. The van der Waals surface area contributed by atoms with E-state index in [-0.39, 0.29) is 0 Å². The largest absolute Gasteiger partial charge is 0.372 e. The first-order chi connectivity index (χ1) is 6.81. The maximum atomic E-state index is 4.48. The molecule has 1 N–H and O–H groups in total. The van der Waals surface area contributed by atoms with Crippen LogP contribution in [-0.4, -0.2) is 29.6 Å². The second-order valence-corrected chi connectivity index (χ2v) is 3.70. The summed E-state index contributed by atoms with van der Waals surface area (Å²) in [5.41, 5.74) is 0. The van der Waals surface area contributed by atoms with Crippen molar-refractivity contribution in [2.75, 3.05) is 23.8 Å². The first-order valence-electron chi connectivity index (χ1n) is 5.07. The summed E-state index contributed by atoms with van der Waals surface area (Å²) in [4.78, 5) is 11.0. The molecule has 1 aliphatic heterocycles. The van der Waals surface area contributed by atoms with E-state index in [0.29, 0.717) is 6.04 Å². The van der Waals surface area contributed by atoms with Crippen molar-refractivity contribution < 1.29 is 0 Å². The molecule has 1 unspecified atom stereocenters. The predicted octanol–water partition coefficient (Wildman–Crippen LogP) is 1.51. The highest BCUT2D eigenvalue weighted by Crippen LogP contribution is 2.23. The predicted molar refractivity (Wildman–Crippen MR) is 57.6 cm³/mol. The molecule has 0 aliphatic carbocycles. The van der Waals surface area contributed by atoms with Crippen LogP contribution in [0.4, 0.5) is 11.6 Å². The first kappa shape index (κ1) is 9.24. The topological polar surface area (TPSA) is 41.1 Å². The summed E-state index contributed by atoms with van der Waals surface area (Å²) < 4.78 is 0. The normalized spacial score (nSPS) is 21.3. The molecule has 76 valence electrons. The van der Waals surface area contributed by atoms with Crippen molar-refractivity contribution in [3.63, 3.8) is 0 Å². The van der Waals surface area contributed by atoms with Gasteiger partial charge in [-0.05, 0) is 19.8 Å². The van der Waals surface area contributed by atoms with Gasteiger partial charge in [-0.15, -0.1) is 0 Å². The van der Waals surface area contributed by atoms with Crippen molar-refractivity contribution in [1.29, 1.82) is 0 Å². The molecule has 1 aromatic rings. The van der Waals surface area contributed by atoms with Crippen LogP contribution in [0.3, 0.4) is 0 Å². The minimum absolute atomic E-state index is 0.594. The Morgan fingerprint density at radius 2 is 2.36 bits per heavy atom. The zero-order valence-electron chi connectivity index (χ0n) is 8.70. The lowest BCUT2D eigenvalue weighted by molar-refractivity contribution is 0.726. The lowest BCUT2D eigenvalue weighted by Gasteiger charge is -2.22. The van der Waals surface area contributed by atoms with Crippen LogP contribution >= 0.6 is 0 Å². The van der Waals surface area contributed by atoms with Crippen molar-refractivity contribution in [3.8, 4) is 0 Å². The number of nitrogens with one attached hydrogen (secondary N) is 1. The highest BCUT2D eigenvalue weighted by atomic mass is 15.2. The minimum Gasteiger partial charge on any atom is -0.372 e. The van der Waals surface area contributed by atoms with E-state index in [9.17, 15) is 0 Å². The van der Waals surface area contributed by atoms with E-state index in [1.165, 1.54) is 12.8 Å². The fourth-order valence-corrected chi connectivity index (χ4v) is 1.89. The summed E-state index contributed by atoms with van der Waals surface area (Å²) in [6.45, 7) is 3.34. The third-order valence-corrected chi connectivity index (χ3v) is 2.73. The van der Waals surface area contributed by atoms with Gasteiger partial charge in [0.2, 0.25) is 0 Å². The van der Waals surface area contributed by atoms with Crippen molar-refractivity contribution in [2.45, 2.75) is 25.8 Å². The Balaban J connectivity index is 2.22. The Bertz CT molecular complexity index is 313. The molecular formula is C10H16N4. The molecule has 4 nitrogen and oxygen atoms in total. The third kappa shape index (κ3) is 1.64. The first-order valence-corrected chi connectivity index (χ1v) is 5.07. The highest BCUT2D eigenvalue weighted by Gasteiger charge is 2.21. The second-order valence-electron chi connectivity index (χ2n) is 3.70. The van der Waals surface area contributed by atoms with Crippen LogP contribution in [-0.2, 0) is 0 Å². The van der Waals surface area contributed by atoms with Crippen molar-refractivity contribution in [3.05, 3.63) is 12.4 Å². The molecule has 14 heavy (non-hydrogen) atoms. The van der Waals surface area contributed by atoms with E-state index >= 15 is 0 Å². The van der Waals surface area contributed by atoms with E-state index in [1.54, 1.807) is 6.20 Å². The highest BCUT2D eigenvalue weighted by molar-refractivity contribution is 5.44. The molecule has 0 bridgehead atoms. The van der Waals surface area contributed by atoms with Gasteiger partial charge < -0.3 is 10.2 Å². The van der Waals surface area contributed by atoms with Gasteiger partial charge in [0.15, 0.2) is 0 Å². The van der Waals surface area contributed by atoms with Gasteiger partial charge in [0, 0.05) is 19.6 Å². The average Bonchev–Trinajstić information content (AvgIpc) is 2.65. The van der Waals surface area contributed by atoms with Gasteiger partial charge in [-0.25, -0.2) is 4.98 Å². The second kappa shape index (κ2) is 3.82. The fourth-order valence-electron chi connectivity index (χ4n) is 1.89. The SMILES string of the molecule is CNc1cncc(N2CCCC2C)n1. The number of hydrogen-bond donors (Lipinski definition) is 1. The Morgan fingerprint density at radius 1 is 1.50 bits per heavy atom.